The average molecular weight is 287 g/mol. The van der Waals surface area contributed by atoms with Crippen LogP contribution >= 0.6 is 23.4 Å². The Labute approximate surface area is 118 Å². The van der Waals surface area contributed by atoms with Gasteiger partial charge >= 0.3 is 0 Å². The number of halogens is 1. The summed E-state index contributed by atoms with van der Waals surface area (Å²) in [4.78, 5) is 5.09. The second kappa shape index (κ2) is 4.96. The third-order valence-corrected chi connectivity index (χ3v) is 3.78. The maximum atomic E-state index is 9.12. The topological polar surface area (TPSA) is 49.8 Å². The quantitative estimate of drug-likeness (QED) is 0.696. The lowest BCUT2D eigenvalue weighted by Crippen LogP contribution is -1.82. The van der Waals surface area contributed by atoms with Gasteiger partial charge in [0.25, 0.3) is 5.22 Å². The van der Waals surface area contributed by atoms with E-state index in [1.165, 1.54) is 11.8 Å². The number of rotatable bonds is 2. The van der Waals surface area contributed by atoms with Crippen molar-refractivity contribution in [2.45, 2.75) is 10.1 Å². The SMILES string of the molecule is N#Cc1c(Cl)cccc1Sc1nc2ccccc2o1. The molecule has 3 nitrogen and oxygen atoms in total. The van der Waals surface area contributed by atoms with Crippen molar-refractivity contribution >= 4 is 34.5 Å². The molecule has 0 N–H and O–H groups in total. The summed E-state index contributed by atoms with van der Waals surface area (Å²) in [6.45, 7) is 0. The molecule has 3 aromatic rings. The summed E-state index contributed by atoms with van der Waals surface area (Å²) in [7, 11) is 0. The van der Waals surface area contributed by atoms with E-state index < -0.39 is 0 Å². The molecule has 0 spiro atoms. The number of hydrogen-bond acceptors (Lipinski definition) is 4. The number of nitrogens with zero attached hydrogens (tertiary/aromatic N) is 2. The predicted octanol–water partition coefficient (Wildman–Crippen LogP) is 4.50. The number of benzene rings is 2. The van der Waals surface area contributed by atoms with Crippen LogP contribution in [-0.2, 0) is 0 Å². The van der Waals surface area contributed by atoms with E-state index in [0.29, 0.717) is 15.8 Å². The van der Waals surface area contributed by atoms with Gasteiger partial charge in [-0.2, -0.15) is 5.26 Å². The van der Waals surface area contributed by atoms with Gasteiger partial charge in [-0.1, -0.05) is 29.8 Å². The minimum absolute atomic E-state index is 0.434. The van der Waals surface area contributed by atoms with Gasteiger partial charge in [0.05, 0.1) is 10.6 Å². The van der Waals surface area contributed by atoms with E-state index in [0.717, 1.165) is 16.0 Å². The molecule has 0 unspecified atom stereocenters. The van der Waals surface area contributed by atoms with Crippen LogP contribution in [0, 0.1) is 11.3 Å². The molecule has 0 aliphatic carbocycles. The van der Waals surface area contributed by atoms with E-state index in [2.05, 4.69) is 11.1 Å². The van der Waals surface area contributed by atoms with Crippen LogP contribution < -0.4 is 0 Å². The van der Waals surface area contributed by atoms with Crippen molar-refractivity contribution in [2.24, 2.45) is 0 Å². The van der Waals surface area contributed by atoms with E-state index in [1.54, 1.807) is 12.1 Å². The first kappa shape index (κ1) is 12.1. The lowest BCUT2D eigenvalue weighted by Gasteiger charge is -2.01. The molecule has 0 atom stereocenters. The first-order valence-electron chi connectivity index (χ1n) is 5.50. The Morgan fingerprint density at radius 3 is 2.79 bits per heavy atom. The van der Waals surface area contributed by atoms with Crippen molar-refractivity contribution in [3.05, 3.63) is 53.1 Å². The van der Waals surface area contributed by atoms with Crippen molar-refractivity contribution in [3.63, 3.8) is 0 Å². The third kappa shape index (κ3) is 2.30. The van der Waals surface area contributed by atoms with Gasteiger partial charge in [0.15, 0.2) is 5.58 Å². The lowest BCUT2D eigenvalue weighted by atomic mass is 10.2. The van der Waals surface area contributed by atoms with E-state index in [-0.39, 0.29) is 0 Å². The smallest absolute Gasteiger partial charge is 0.261 e. The summed E-state index contributed by atoms with van der Waals surface area (Å²) < 4.78 is 5.61. The van der Waals surface area contributed by atoms with Crippen molar-refractivity contribution < 1.29 is 4.42 Å². The fourth-order valence-corrected chi connectivity index (χ4v) is 2.83. The Hall–Kier alpha value is -1.96. The number of nitriles is 1. The molecular formula is C14H7ClN2OS. The zero-order valence-electron chi connectivity index (χ0n) is 9.63. The first-order chi connectivity index (χ1) is 9.28. The highest BCUT2D eigenvalue weighted by molar-refractivity contribution is 7.99. The number of hydrogen-bond donors (Lipinski definition) is 0. The zero-order chi connectivity index (χ0) is 13.2. The van der Waals surface area contributed by atoms with Crippen molar-refractivity contribution in [1.82, 2.24) is 4.98 Å². The Balaban J connectivity index is 2.02. The molecule has 3 rings (SSSR count). The lowest BCUT2D eigenvalue weighted by molar-refractivity contribution is 0.489. The number of aromatic nitrogens is 1. The Morgan fingerprint density at radius 1 is 1.16 bits per heavy atom. The van der Waals surface area contributed by atoms with Gasteiger partial charge in [-0.3, -0.25) is 0 Å². The second-order valence-electron chi connectivity index (χ2n) is 3.77. The molecule has 0 amide bonds. The largest absolute Gasteiger partial charge is 0.431 e. The minimum Gasteiger partial charge on any atom is -0.431 e. The van der Waals surface area contributed by atoms with Gasteiger partial charge < -0.3 is 4.42 Å². The summed E-state index contributed by atoms with van der Waals surface area (Å²) in [5, 5.41) is 10.1. The Bertz CT molecular complexity index is 758. The van der Waals surface area contributed by atoms with Crippen LogP contribution in [0.1, 0.15) is 5.56 Å². The highest BCUT2D eigenvalue weighted by Gasteiger charge is 2.12. The molecule has 1 heterocycles. The first-order valence-corrected chi connectivity index (χ1v) is 6.69. The normalized spacial score (nSPS) is 10.5. The minimum atomic E-state index is 0.434. The molecule has 0 saturated carbocycles. The monoisotopic (exact) mass is 286 g/mol. The molecule has 0 aliphatic heterocycles. The van der Waals surface area contributed by atoms with Gasteiger partial charge in [-0.15, -0.1) is 0 Å². The predicted molar refractivity (Wildman–Crippen MR) is 74.3 cm³/mol. The summed E-state index contributed by atoms with van der Waals surface area (Å²) >= 11 is 7.28. The second-order valence-corrected chi connectivity index (χ2v) is 5.17. The molecular weight excluding hydrogens is 280 g/mol. The molecule has 0 fully saturated rings. The van der Waals surface area contributed by atoms with E-state index in [4.69, 9.17) is 21.3 Å². The summed E-state index contributed by atoms with van der Waals surface area (Å²) in [5.74, 6) is 0. The van der Waals surface area contributed by atoms with E-state index in [1.807, 2.05) is 30.3 Å². The standard InChI is InChI=1S/C14H7ClN2OS/c15-10-4-3-7-13(9(10)8-16)19-14-17-11-5-1-2-6-12(11)18-14/h1-7H. The average Bonchev–Trinajstić information content (AvgIpc) is 2.81. The molecule has 0 radical (unpaired) electrons. The van der Waals surface area contributed by atoms with Gasteiger partial charge in [0, 0.05) is 4.90 Å². The Morgan fingerprint density at radius 2 is 2.00 bits per heavy atom. The highest BCUT2D eigenvalue weighted by Crippen LogP contribution is 2.34. The van der Waals surface area contributed by atoms with Crippen molar-refractivity contribution in [3.8, 4) is 6.07 Å². The van der Waals surface area contributed by atoms with Crippen LogP contribution in [0.2, 0.25) is 5.02 Å². The zero-order valence-corrected chi connectivity index (χ0v) is 11.2. The molecule has 19 heavy (non-hydrogen) atoms. The number of oxazole rings is 1. The van der Waals surface area contributed by atoms with Crippen LogP contribution in [0.4, 0.5) is 0 Å². The molecule has 1 aromatic heterocycles. The highest BCUT2D eigenvalue weighted by atomic mass is 35.5. The maximum absolute atomic E-state index is 9.12. The molecule has 0 saturated heterocycles. The van der Waals surface area contributed by atoms with E-state index >= 15 is 0 Å². The molecule has 2 aromatic carbocycles. The van der Waals surface area contributed by atoms with Crippen molar-refractivity contribution in [1.29, 1.82) is 5.26 Å². The summed E-state index contributed by atoms with van der Waals surface area (Å²) in [5.41, 5.74) is 1.97. The molecule has 92 valence electrons. The molecule has 0 aliphatic rings. The van der Waals surface area contributed by atoms with Crippen LogP contribution in [0.3, 0.4) is 0 Å². The van der Waals surface area contributed by atoms with Gasteiger partial charge in [-0.25, -0.2) is 4.98 Å². The summed E-state index contributed by atoms with van der Waals surface area (Å²) in [6.07, 6.45) is 0. The van der Waals surface area contributed by atoms with Crippen molar-refractivity contribution in [2.75, 3.05) is 0 Å². The number of para-hydroxylation sites is 2. The maximum Gasteiger partial charge on any atom is 0.261 e. The van der Waals surface area contributed by atoms with Gasteiger partial charge in [-0.05, 0) is 36.0 Å². The molecule has 0 bridgehead atoms. The van der Waals surface area contributed by atoms with Crippen LogP contribution in [-0.4, -0.2) is 4.98 Å². The van der Waals surface area contributed by atoms with E-state index in [9.17, 15) is 0 Å². The fraction of sp³-hybridized carbons (Fsp3) is 0. The fourth-order valence-electron chi connectivity index (χ4n) is 1.69. The van der Waals surface area contributed by atoms with Crippen LogP contribution in [0.15, 0.2) is 57.0 Å². The van der Waals surface area contributed by atoms with Gasteiger partial charge in [0.1, 0.15) is 11.6 Å². The van der Waals surface area contributed by atoms with Gasteiger partial charge in [0.2, 0.25) is 0 Å². The van der Waals surface area contributed by atoms with Crippen LogP contribution in [0.5, 0.6) is 0 Å². The third-order valence-electron chi connectivity index (χ3n) is 2.56. The summed E-state index contributed by atoms with van der Waals surface area (Å²) in [6, 6.07) is 14.9. The Kier molecular flexibility index (Phi) is 3.16. The molecule has 5 heteroatoms. The number of fused-ring (bicyclic) bond motifs is 1. The van der Waals surface area contributed by atoms with Crippen LogP contribution in [0.25, 0.3) is 11.1 Å².